The smallest absolute Gasteiger partial charge is 0.217 e. The molecule has 1 atom stereocenters. The number of primary amides is 1. The number of amides is 1. The first kappa shape index (κ1) is 33.1. The molecule has 0 saturated carbocycles. The maximum atomic E-state index is 10.6. The van der Waals surface area contributed by atoms with E-state index < -0.39 is 0 Å². The van der Waals surface area contributed by atoms with Crippen LogP contribution < -0.4 is 5.73 Å². The molecule has 0 aromatic heterocycles. The standard InChI is InChI=1S/C18H35NO2.C4H11N.C2H6S/c1-2-3-4-11-14-17(20)15-12-9-7-5-6-8-10-13-16-18(19)21;1-4-5(2)3;1-2-3/h9,12,17,20H,2-8,10-11,13-16H2,1H3,(H2,19,21);4H2,1-3H3;3H,2H2,1H3/b12-9-;;. The first-order chi connectivity index (χ1) is 13.8. The van der Waals surface area contributed by atoms with E-state index in [-0.39, 0.29) is 12.0 Å². The summed E-state index contributed by atoms with van der Waals surface area (Å²) < 4.78 is 0. The Labute approximate surface area is 188 Å². The molecule has 0 heterocycles. The van der Waals surface area contributed by atoms with Crippen LogP contribution in [0, 0.1) is 0 Å². The Morgan fingerprint density at radius 2 is 1.48 bits per heavy atom. The lowest BCUT2D eigenvalue weighted by atomic mass is 10.1. The Bertz CT molecular complexity index is 337. The molecule has 0 aliphatic carbocycles. The molecule has 1 amide bonds. The van der Waals surface area contributed by atoms with Gasteiger partial charge in [-0.2, -0.15) is 12.6 Å². The number of aliphatic hydroxyl groups excluding tert-OH is 1. The van der Waals surface area contributed by atoms with Crippen molar-refractivity contribution in [1.82, 2.24) is 4.90 Å². The van der Waals surface area contributed by atoms with Crippen molar-refractivity contribution < 1.29 is 9.90 Å². The fourth-order valence-electron chi connectivity index (χ4n) is 2.39. The zero-order valence-corrected chi connectivity index (χ0v) is 21.1. The summed E-state index contributed by atoms with van der Waals surface area (Å²) in [6.45, 7) is 7.46. The fourth-order valence-corrected chi connectivity index (χ4v) is 2.39. The molecule has 4 nitrogen and oxygen atoms in total. The van der Waals surface area contributed by atoms with Gasteiger partial charge in [0.1, 0.15) is 0 Å². The van der Waals surface area contributed by atoms with Gasteiger partial charge in [-0.05, 0) is 58.5 Å². The number of carbonyl (C=O) groups is 1. The van der Waals surface area contributed by atoms with Crippen LogP contribution >= 0.6 is 12.6 Å². The van der Waals surface area contributed by atoms with E-state index in [2.05, 4.69) is 57.6 Å². The molecule has 5 heteroatoms. The van der Waals surface area contributed by atoms with Gasteiger partial charge in [0.25, 0.3) is 0 Å². The summed E-state index contributed by atoms with van der Waals surface area (Å²) in [5, 5.41) is 9.80. The highest BCUT2D eigenvalue weighted by Crippen LogP contribution is 2.10. The van der Waals surface area contributed by atoms with Gasteiger partial charge in [0.05, 0.1) is 6.10 Å². The van der Waals surface area contributed by atoms with Crippen molar-refractivity contribution in [3.63, 3.8) is 0 Å². The van der Waals surface area contributed by atoms with Crippen LogP contribution in [0.5, 0.6) is 0 Å². The number of thiol groups is 1. The highest BCUT2D eigenvalue weighted by Gasteiger charge is 2.00. The van der Waals surface area contributed by atoms with E-state index in [9.17, 15) is 9.90 Å². The van der Waals surface area contributed by atoms with Crippen LogP contribution in [0.3, 0.4) is 0 Å². The van der Waals surface area contributed by atoms with Crippen molar-refractivity contribution in [2.75, 3.05) is 26.4 Å². The third kappa shape index (κ3) is 42.5. The lowest BCUT2D eigenvalue weighted by molar-refractivity contribution is -0.118. The van der Waals surface area contributed by atoms with E-state index in [0.29, 0.717) is 6.42 Å². The molecule has 0 aromatic carbocycles. The molecule has 0 radical (unpaired) electrons. The number of rotatable bonds is 16. The quantitative estimate of drug-likeness (QED) is 0.159. The van der Waals surface area contributed by atoms with E-state index in [1.54, 1.807) is 0 Å². The lowest BCUT2D eigenvalue weighted by Crippen LogP contribution is -2.09. The van der Waals surface area contributed by atoms with Crippen molar-refractivity contribution in [3.05, 3.63) is 12.2 Å². The van der Waals surface area contributed by atoms with Gasteiger partial charge >= 0.3 is 0 Å². The second kappa shape index (κ2) is 29.7. The molecule has 3 N–H and O–H groups in total. The molecule has 0 aliphatic heterocycles. The van der Waals surface area contributed by atoms with Crippen LogP contribution in [0.25, 0.3) is 0 Å². The second-order valence-electron chi connectivity index (χ2n) is 7.70. The Kier molecular flexibility index (Phi) is 33.9. The number of aliphatic hydroxyl groups is 1. The number of unbranched alkanes of at least 4 members (excludes halogenated alkanes) is 8. The minimum Gasteiger partial charge on any atom is -0.393 e. The van der Waals surface area contributed by atoms with Gasteiger partial charge in [-0.1, -0.05) is 77.9 Å². The van der Waals surface area contributed by atoms with E-state index in [1.165, 1.54) is 38.5 Å². The average Bonchev–Trinajstić information content (AvgIpc) is 2.67. The maximum absolute atomic E-state index is 10.6. The number of carbonyl (C=O) groups excluding carboxylic acids is 1. The average molecular weight is 433 g/mol. The van der Waals surface area contributed by atoms with Gasteiger partial charge < -0.3 is 15.7 Å². The predicted molar refractivity (Wildman–Crippen MR) is 134 cm³/mol. The maximum Gasteiger partial charge on any atom is 0.217 e. The molecule has 0 rings (SSSR count). The van der Waals surface area contributed by atoms with Crippen LogP contribution in [0.15, 0.2) is 12.2 Å². The van der Waals surface area contributed by atoms with E-state index in [1.807, 2.05) is 6.92 Å². The van der Waals surface area contributed by atoms with Crippen LogP contribution in [0.2, 0.25) is 0 Å². The summed E-state index contributed by atoms with van der Waals surface area (Å²) in [6.07, 6.45) is 18.0. The summed E-state index contributed by atoms with van der Waals surface area (Å²) in [5.74, 6) is 0.756. The lowest BCUT2D eigenvalue weighted by Gasteiger charge is -2.07. The number of nitrogens with zero attached hydrogens (tertiary/aromatic N) is 1. The fraction of sp³-hybridized carbons (Fsp3) is 0.875. The van der Waals surface area contributed by atoms with Crippen molar-refractivity contribution in [1.29, 1.82) is 0 Å². The van der Waals surface area contributed by atoms with Gasteiger partial charge in [-0.25, -0.2) is 0 Å². The van der Waals surface area contributed by atoms with Gasteiger partial charge in [-0.3, -0.25) is 4.79 Å². The Morgan fingerprint density at radius 3 is 2.00 bits per heavy atom. The van der Waals surface area contributed by atoms with Gasteiger partial charge in [0, 0.05) is 6.42 Å². The number of hydrogen-bond donors (Lipinski definition) is 3. The summed E-state index contributed by atoms with van der Waals surface area (Å²) >= 11 is 3.79. The first-order valence-electron chi connectivity index (χ1n) is 11.7. The highest BCUT2D eigenvalue weighted by molar-refractivity contribution is 7.80. The van der Waals surface area contributed by atoms with Crippen molar-refractivity contribution in [2.45, 2.75) is 110 Å². The van der Waals surface area contributed by atoms with Crippen LogP contribution in [0.4, 0.5) is 0 Å². The van der Waals surface area contributed by atoms with E-state index in [4.69, 9.17) is 5.73 Å². The molecular formula is C24H52N2O2S. The molecule has 0 aliphatic rings. The number of allylic oxidation sites excluding steroid dienone is 1. The Morgan fingerprint density at radius 1 is 0.966 bits per heavy atom. The summed E-state index contributed by atoms with van der Waals surface area (Å²) in [4.78, 5) is 12.7. The summed E-state index contributed by atoms with van der Waals surface area (Å²) in [6, 6.07) is 0. The Balaban J connectivity index is -0.000000713. The minimum atomic E-state index is -0.189. The first-order valence-corrected chi connectivity index (χ1v) is 12.4. The van der Waals surface area contributed by atoms with Crippen molar-refractivity contribution in [2.24, 2.45) is 5.73 Å². The summed E-state index contributed by atoms with van der Waals surface area (Å²) in [5.41, 5.74) is 5.09. The zero-order chi connectivity index (χ0) is 22.8. The van der Waals surface area contributed by atoms with E-state index in [0.717, 1.165) is 50.8 Å². The van der Waals surface area contributed by atoms with Crippen LogP contribution in [-0.2, 0) is 4.79 Å². The zero-order valence-electron chi connectivity index (χ0n) is 20.2. The monoisotopic (exact) mass is 432 g/mol. The number of nitrogens with two attached hydrogens (primary N) is 1. The summed E-state index contributed by atoms with van der Waals surface area (Å²) in [7, 11) is 4.11. The number of hydrogen-bond acceptors (Lipinski definition) is 4. The minimum absolute atomic E-state index is 0.160. The molecule has 0 saturated heterocycles. The molecule has 0 spiro atoms. The normalized spacial score (nSPS) is 11.6. The highest BCUT2D eigenvalue weighted by atomic mass is 32.1. The molecule has 1 unspecified atom stereocenters. The third-order valence-electron chi connectivity index (χ3n) is 4.39. The molecule has 0 fully saturated rings. The van der Waals surface area contributed by atoms with Crippen LogP contribution in [-0.4, -0.2) is 48.4 Å². The van der Waals surface area contributed by atoms with Gasteiger partial charge in [0.2, 0.25) is 5.91 Å². The SMILES string of the molecule is CCCCCCC(O)C/C=C\CCCCCCCC(N)=O.CCN(C)C.CCS. The molecule has 0 bridgehead atoms. The van der Waals surface area contributed by atoms with Gasteiger partial charge in [-0.15, -0.1) is 0 Å². The third-order valence-corrected chi connectivity index (χ3v) is 4.39. The second-order valence-corrected chi connectivity index (χ2v) is 8.33. The molecular weight excluding hydrogens is 380 g/mol. The molecule has 0 aromatic rings. The molecule has 29 heavy (non-hydrogen) atoms. The van der Waals surface area contributed by atoms with Crippen LogP contribution in [0.1, 0.15) is 104 Å². The molecule has 176 valence electrons. The largest absolute Gasteiger partial charge is 0.393 e. The van der Waals surface area contributed by atoms with Gasteiger partial charge in [0.15, 0.2) is 0 Å². The topological polar surface area (TPSA) is 66.6 Å². The Hall–Kier alpha value is -0.520. The van der Waals surface area contributed by atoms with Crippen molar-refractivity contribution in [3.8, 4) is 0 Å². The van der Waals surface area contributed by atoms with E-state index >= 15 is 0 Å². The van der Waals surface area contributed by atoms with Crippen molar-refractivity contribution >= 4 is 18.5 Å². The predicted octanol–water partition coefficient (Wildman–Crippen LogP) is 5.98.